The lowest BCUT2D eigenvalue weighted by Gasteiger charge is -2.37. The van der Waals surface area contributed by atoms with Crippen LogP contribution in [0.15, 0.2) is 0 Å². The number of carbonyl (C=O) groups is 2. The van der Waals surface area contributed by atoms with Crippen LogP contribution in [0.2, 0.25) is 0 Å². The van der Waals surface area contributed by atoms with Crippen molar-refractivity contribution in [3.63, 3.8) is 0 Å². The average molecular weight is 354 g/mol. The van der Waals surface area contributed by atoms with Gasteiger partial charge in [0, 0.05) is 45.7 Å². The maximum atomic E-state index is 12.5. The monoisotopic (exact) mass is 353 g/mol. The molecular formula is C19H35N3O3. The second-order valence-corrected chi connectivity index (χ2v) is 8.02. The molecule has 2 amide bonds. The average Bonchev–Trinajstić information content (AvgIpc) is 2.55. The van der Waals surface area contributed by atoms with E-state index >= 15 is 0 Å². The Hall–Kier alpha value is -1.14. The minimum Gasteiger partial charge on any atom is -0.375 e. The highest BCUT2D eigenvalue weighted by atomic mass is 16.5. The molecule has 0 bridgehead atoms. The van der Waals surface area contributed by atoms with Crippen molar-refractivity contribution < 1.29 is 14.3 Å². The molecule has 0 saturated carbocycles. The second-order valence-electron chi connectivity index (χ2n) is 8.02. The number of hydrogen-bond acceptors (Lipinski definition) is 4. The third kappa shape index (κ3) is 6.59. The number of hydrogen-bond donors (Lipinski definition) is 0. The molecule has 0 aromatic carbocycles. The third-order valence-electron chi connectivity index (χ3n) is 4.93. The Morgan fingerprint density at radius 1 is 0.880 bits per heavy atom. The quantitative estimate of drug-likeness (QED) is 0.728. The van der Waals surface area contributed by atoms with Gasteiger partial charge in [0.2, 0.25) is 11.8 Å². The maximum Gasteiger partial charge on any atom is 0.236 e. The van der Waals surface area contributed by atoms with Gasteiger partial charge in [0.05, 0.1) is 18.8 Å². The van der Waals surface area contributed by atoms with Gasteiger partial charge in [0.25, 0.3) is 0 Å². The summed E-state index contributed by atoms with van der Waals surface area (Å²) >= 11 is 0. The van der Waals surface area contributed by atoms with Gasteiger partial charge in [-0.05, 0) is 32.6 Å². The number of piperidine rings is 1. The number of carbonyl (C=O) groups excluding carboxylic acids is 2. The largest absolute Gasteiger partial charge is 0.375 e. The Labute approximate surface area is 152 Å². The molecule has 0 aliphatic carbocycles. The van der Waals surface area contributed by atoms with E-state index in [9.17, 15) is 9.59 Å². The molecule has 25 heavy (non-hydrogen) atoms. The summed E-state index contributed by atoms with van der Waals surface area (Å²) in [6.45, 7) is 13.3. The molecule has 0 spiro atoms. The second kappa shape index (κ2) is 9.53. The molecule has 0 atom stereocenters. The first-order valence-corrected chi connectivity index (χ1v) is 9.78. The highest BCUT2D eigenvalue weighted by Gasteiger charge is 2.27. The molecule has 0 unspecified atom stereocenters. The third-order valence-corrected chi connectivity index (χ3v) is 4.93. The molecule has 2 saturated heterocycles. The molecule has 0 N–H and O–H groups in total. The molecule has 0 radical (unpaired) electrons. The molecule has 2 heterocycles. The minimum absolute atomic E-state index is 0.194. The normalized spacial score (nSPS) is 20.6. The topological polar surface area (TPSA) is 53.1 Å². The number of likely N-dealkylation sites (tertiary alicyclic amines) is 1. The number of ether oxygens (including phenoxy) is 1. The van der Waals surface area contributed by atoms with Crippen LogP contribution in [0.25, 0.3) is 0 Å². The fourth-order valence-corrected chi connectivity index (χ4v) is 3.56. The van der Waals surface area contributed by atoms with E-state index in [1.807, 2.05) is 9.80 Å². The van der Waals surface area contributed by atoms with E-state index in [0.717, 1.165) is 25.9 Å². The molecule has 144 valence electrons. The predicted molar refractivity (Wildman–Crippen MR) is 98.3 cm³/mol. The minimum atomic E-state index is 0.194. The zero-order valence-electron chi connectivity index (χ0n) is 16.4. The van der Waals surface area contributed by atoms with E-state index in [-0.39, 0.29) is 17.9 Å². The maximum absolute atomic E-state index is 12.5. The first-order chi connectivity index (χ1) is 11.8. The molecule has 6 nitrogen and oxygen atoms in total. The van der Waals surface area contributed by atoms with E-state index < -0.39 is 0 Å². The SMILES string of the molecule is CC(C)CC(=O)N1CCN(C(=O)CN2CCC(OC(C)C)CC2)CC1. The van der Waals surface area contributed by atoms with Gasteiger partial charge < -0.3 is 14.5 Å². The van der Waals surface area contributed by atoms with Gasteiger partial charge >= 0.3 is 0 Å². The molecule has 2 aliphatic rings. The van der Waals surface area contributed by atoms with Crippen molar-refractivity contribution in [1.82, 2.24) is 14.7 Å². The smallest absolute Gasteiger partial charge is 0.236 e. The van der Waals surface area contributed by atoms with Gasteiger partial charge in [-0.25, -0.2) is 0 Å². The van der Waals surface area contributed by atoms with Crippen LogP contribution >= 0.6 is 0 Å². The molecular weight excluding hydrogens is 318 g/mol. The van der Waals surface area contributed by atoms with Gasteiger partial charge in [-0.3, -0.25) is 14.5 Å². The lowest BCUT2D eigenvalue weighted by atomic mass is 10.1. The van der Waals surface area contributed by atoms with Crippen LogP contribution in [-0.4, -0.2) is 84.5 Å². The van der Waals surface area contributed by atoms with Gasteiger partial charge in [-0.15, -0.1) is 0 Å². The van der Waals surface area contributed by atoms with E-state index in [1.54, 1.807) is 0 Å². The summed E-state index contributed by atoms with van der Waals surface area (Å²) in [7, 11) is 0. The van der Waals surface area contributed by atoms with Crippen molar-refractivity contribution in [3.05, 3.63) is 0 Å². The number of piperazine rings is 1. The van der Waals surface area contributed by atoms with Crippen LogP contribution in [0.1, 0.15) is 47.0 Å². The number of nitrogens with zero attached hydrogens (tertiary/aromatic N) is 3. The fourth-order valence-electron chi connectivity index (χ4n) is 3.56. The number of amides is 2. The van der Waals surface area contributed by atoms with Crippen molar-refractivity contribution in [2.45, 2.75) is 59.2 Å². The summed E-state index contributed by atoms with van der Waals surface area (Å²) in [6.07, 6.45) is 3.21. The van der Waals surface area contributed by atoms with Crippen molar-refractivity contribution >= 4 is 11.8 Å². The Bertz CT molecular complexity index is 437. The van der Waals surface area contributed by atoms with Gasteiger partial charge in [-0.1, -0.05) is 13.8 Å². The Kier molecular flexibility index (Phi) is 7.69. The summed E-state index contributed by atoms with van der Waals surface area (Å²) in [5, 5.41) is 0. The lowest BCUT2D eigenvalue weighted by molar-refractivity contribution is -0.141. The van der Waals surface area contributed by atoms with Crippen molar-refractivity contribution in [2.24, 2.45) is 5.92 Å². The molecule has 0 aromatic heterocycles. The van der Waals surface area contributed by atoms with E-state index in [2.05, 4.69) is 32.6 Å². The van der Waals surface area contributed by atoms with Gasteiger partial charge in [0.1, 0.15) is 0 Å². The molecule has 2 fully saturated rings. The Morgan fingerprint density at radius 3 is 1.88 bits per heavy atom. The summed E-state index contributed by atoms with van der Waals surface area (Å²) < 4.78 is 5.86. The van der Waals surface area contributed by atoms with E-state index in [0.29, 0.717) is 51.2 Å². The lowest BCUT2D eigenvalue weighted by Crippen LogP contribution is -2.53. The summed E-state index contributed by atoms with van der Waals surface area (Å²) in [5.74, 6) is 0.795. The Morgan fingerprint density at radius 2 is 1.40 bits per heavy atom. The molecule has 2 rings (SSSR count). The van der Waals surface area contributed by atoms with Gasteiger partial charge in [-0.2, -0.15) is 0 Å². The highest BCUT2D eigenvalue weighted by molar-refractivity contribution is 5.79. The zero-order valence-corrected chi connectivity index (χ0v) is 16.4. The van der Waals surface area contributed by atoms with Crippen LogP contribution in [0.5, 0.6) is 0 Å². The van der Waals surface area contributed by atoms with Crippen LogP contribution < -0.4 is 0 Å². The van der Waals surface area contributed by atoms with Crippen molar-refractivity contribution in [2.75, 3.05) is 45.8 Å². The standard InChI is InChI=1S/C19H35N3O3/c1-15(2)13-18(23)21-9-11-22(12-10-21)19(24)14-20-7-5-17(6-8-20)25-16(3)4/h15-17H,5-14H2,1-4H3. The summed E-state index contributed by atoms with van der Waals surface area (Å²) in [6, 6.07) is 0. The highest BCUT2D eigenvalue weighted by Crippen LogP contribution is 2.16. The predicted octanol–water partition coefficient (Wildman–Crippen LogP) is 1.59. The van der Waals surface area contributed by atoms with Crippen LogP contribution in [0.3, 0.4) is 0 Å². The van der Waals surface area contributed by atoms with Crippen molar-refractivity contribution in [1.29, 1.82) is 0 Å². The molecule has 2 aliphatic heterocycles. The van der Waals surface area contributed by atoms with Crippen LogP contribution in [-0.2, 0) is 14.3 Å². The zero-order chi connectivity index (χ0) is 18.4. The van der Waals surface area contributed by atoms with Crippen LogP contribution in [0, 0.1) is 5.92 Å². The fraction of sp³-hybridized carbons (Fsp3) is 0.895. The van der Waals surface area contributed by atoms with E-state index in [4.69, 9.17) is 4.74 Å². The summed E-state index contributed by atoms with van der Waals surface area (Å²) in [5.41, 5.74) is 0. The summed E-state index contributed by atoms with van der Waals surface area (Å²) in [4.78, 5) is 30.7. The first-order valence-electron chi connectivity index (χ1n) is 9.78. The van der Waals surface area contributed by atoms with Crippen molar-refractivity contribution in [3.8, 4) is 0 Å². The Balaban J connectivity index is 1.68. The van der Waals surface area contributed by atoms with Crippen LogP contribution in [0.4, 0.5) is 0 Å². The van der Waals surface area contributed by atoms with E-state index in [1.165, 1.54) is 0 Å². The van der Waals surface area contributed by atoms with Gasteiger partial charge in [0.15, 0.2) is 0 Å². The molecule has 0 aromatic rings. The number of rotatable bonds is 6. The first kappa shape index (κ1) is 20.2. The molecule has 6 heteroatoms.